The van der Waals surface area contributed by atoms with E-state index in [2.05, 4.69) is 10.6 Å². The molecule has 0 spiro atoms. The fourth-order valence-electron chi connectivity index (χ4n) is 2.36. The number of carbonyl (C=O) groups excluding carboxylic acids is 1. The third-order valence-corrected chi connectivity index (χ3v) is 3.36. The summed E-state index contributed by atoms with van der Waals surface area (Å²) >= 11 is 0. The van der Waals surface area contributed by atoms with E-state index in [0.717, 1.165) is 11.3 Å². The van der Waals surface area contributed by atoms with Crippen molar-refractivity contribution in [3.63, 3.8) is 0 Å². The highest BCUT2D eigenvalue weighted by Crippen LogP contribution is 2.32. The monoisotopic (exact) mass is 284 g/mol. The normalized spacial score (nSPS) is 16.6. The van der Waals surface area contributed by atoms with Gasteiger partial charge in [-0.25, -0.2) is 0 Å². The molecule has 1 heterocycles. The Labute approximate surface area is 122 Å². The third-order valence-electron chi connectivity index (χ3n) is 3.36. The summed E-state index contributed by atoms with van der Waals surface area (Å²) in [5.74, 6) is 0.369. The maximum absolute atomic E-state index is 12.1. The van der Waals surface area contributed by atoms with Gasteiger partial charge in [0.25, 0.3) is 5.91 Å². The average molecular weight is 284 g/mol. The van der Waals surface area contributed by atoms with Crippen LogP contribution in [0.15, 0.2) is 42.5 Å². The molecule has 0 saturated carbocycles. The van der Waals surface area contributed by atoms with Crippen LogP contribution in [0.1, 0.15) is 29.0 Å². The second-order valence-corrected chi connectivity index (χ2v) is 4.76. The molecule has 3 rings (SSSR count). The number of aromatic hydroxyl groups is 1. The van der Waals surface area contributed by atoms with Crippen molar-refractivity contribution in [1.82, 2.24) is 5.32 Å². The van der Waals surface area contributed by atoms with E-state index in [4.69, 9.17) is 4.74 Å². The zero-order valence-corrected chi connectivity index (χ0v) is 11.6. The Balaban J connectivity index is 1.92. The van der Waals surface area contributed by atoms with Crippen LogP contribution in [0.2, 0.25) is 0 Å². The molecule has 0 radical (unpaired) electrons. The predicted molar refractivity (Wildman–Crippen MR) is 79.5 cm³/mol. The molecule has 1 aliphatic heterocycles. The number of phenolic OH excluding ortho intramolecular Hbond substituents is 1. The number of benzene rings is 2. The summed E-state index contributed by atoms with van der Waals surface area (Å²) in [4.78, 5) is 12.1. The van der Waals surface area contributed by atoms with E-state index in [9.17, 15) is 9.90 Å². The zero-order chi connectivity index (χ0) is 14.8. The van der Waals surface area contributed by atoms with Crippen molar-refractivity contribution in [2.75, 3.05) is 11.9 Å². The summed E-state index contributed by atoms with van der Waals surface area (Å²) in [6, 6.07) is 12.4. The van der Waals surface area contributed by atoms with Gasteiger partial charge in [-0.15, -0.1) is 0 Å². The van der Waals surface area contributed by atoms with E-state index in [-0.39, 0.29) is 17.8 Å². The molecule has 5 heteroatoms. The van der Waals surface area contributed by atoms with Crippen LogP contribution in [-0.4, -0.2) is 17.6 Å². The lowest BCUT2D eigenvalue weighted by atomic mass is 10.1. The lowest BCUT2D eigenvalue weighted by Crippen LogP contribution is -2.38. The number of hydrogen-bond acceptors (Lipinski definition) is 4. The first-order valence-corrected chi connectivity index (χ1v) is 6.81. The average Bonchev–Trinajstić information content (AvgIpc) is 2.50. The Bertz CT molecular complexity index is 685. The molecule has 3 N–H and O–H groups in total. The Morgan fingerprint density at radius 3 is 2.81 bits per heavy atom. The zero-order valence-electron chi connectivity index (χ0n) is 11.6. The molecule has 0 aromatic heterocycles. The standard InChI is InChI=1S/C16H16N2O3/c1-2-21-14-9-10(7-8-13(14)19)15-17-12-6-4-3-5-11(12)16(20)18-15/h3-9,15,17,19H,2H2,1H3,(H,18,20). The van der Waals surface area contributed by atoms with Crippen LogP contribution in [-0.2, 0) is 0 Å². The Hall–Kier alpha value is -2.69. The van der Waals surface area contributed by atoms with Crippen LogP contribution in [0.5, 0.6) is 11.5 Å². The first kappa shape index (κ1) is 13.3. The van der Waals surface area contributed by atoms with Gasteiger partial charge in [0.1, 0.15) is 6.17 Å². The number of hydrogen-bond donors (Lipinski definition) is 3. The quantitative estimate of drug-likeness (QED) is 0.810. The Morgan fingerprint density at radius 1 is 1.19 bits per heavy atom. The molecule has 0 bridgehead atoms. The molecule has 1 amide bonds. The molecule has 1 atom stereocenters. The first-order valence-electron chi connectivity index (χ1n) is 6.81. The number of nitrogens with one attached hydrogen (secondary N) is 2. The van der Waals surface area contributed by atoms with Crippen LogP contribution in [0.3, 0.4) is 0 Å². The summed E-state index contributed by atoms with van der Waals surface area (Å²) in [7, 11) is 0. The van der Waals surface area contributed by atoms with E-state index in [0.29, 0.717) is 17.9 Å². The van der Waals surface area contributed by atoms with Crippen molar-refractivity contribution in [2.24, 2.45) is 0 Å². The van der Waals surface area contributed by atoms with Gasteiger partial charge in [0.15, 0.2) is 11.5 Å². The smallest absolute Gasteiger partial charge is 0.255 e. The van der Waals surface area contributed by atoms with Crippen LogP contribution in [0, 0.1) is 0 Å². The molecule has 2 aromatic carbocycles. The van der Waals surface area contributed by atoms with Crippen LogP contribution in [0.25, 0.3) is 0 Å². The third kappa shape index (κ3) is 2.50. The van der Waals surface area contributed by atoms with Gasteiger partial charge in [0.2, 0.25) is 0 Å². The molecule has 108 valence electrons. The number of amides is 1. The van der Waals surface area contributed by atoms with Crippen molar-refractivity contribution in [2.45, 2.75) is 13.1 Å². The maximum atomic E-state index is 12.1. The summed E-state index contributed by atoms with van der Waals surface area (Å²) in [5.41, 5.74) is 2.23. The van der Waals surface area contributed by atoms with Crippen LogP contribution >= 0.6 is 0 Å². The number of para-hydroxylation sites is 1. The Morgan fingerprint density at radius 2 is 2.00 bits per heavy atom. The van der Waals surface area contributed by atoms with E-state index in [1.54, 1.807) is 24.3 Å². The van der Waals surface area contributed by atoms with E-state index >= 15 is 0 Å². The number of fused-ring (bicyclic) bond motifs is 1. The molecule has 0 saturated heterocycles. The van der Waals surface area contributed by atoms with Crippen molar-refractivity contribution in [3.8, 4) is 11.5 Å². The fourth-order valence-corrected chi connectivity index (χ4v) is 2.36. The lowest BCUT2D eigenvalue weighted by molar-refractivity contribution is 0.0935. The SMILES string of the molecule is CCOc1cc(C2NC(=O)c3ccccc3N2)ccc1O. The molecule has 1 aliphatic rings. The lowest BCUT2D eigenvalue weighted by Gasteiger charge is -2.28. The number of carbonyl (C=O) groups is 1. The molecule has 21 heavy (non-hydrogen) atoms. The number of phenols is 1. The summed E-state index contributed by atoms with van der Waals surface area (Å²) in [5, 5.41) is 15.9. The van der Waals surface area contributed by atoms with Crippen molar-refractivity contribution in [3.05, 3.63) is 53.6 Å². The minimum Gasteiger partial charge on any atom is -0.504 e. The van der Waals surface area contributed by atoms with E-state index in [1.165, 1.54) is 0 Å². The molecule has 1 unspecified atom stereocenters. The number of anilines is 1. The maximum Gasteiger partial charge on any atom is 0.255 e. The van der Waals surface area contributed by atoms with Gasteiger partial charge in [0.05, 0.1) is 12.2 Å². The molecule has 0 aliphatic carbocycles. The summed E-state index contributed by atoms with van der Waals surface area (Å²) in [6.07, 6.45) is -0.354. The minimum absolute atomic E-state index is 0.0862. The van der Waals surface area contributed by atoms with E-state index in [1.807, 2.05) is 25.1 Å². The van der Waals surface area contributed by atoms with Gasteiger partial charge in [-0.2, -0.15) is 0 Å². The molecular weight excluding hydrogens is 268 g/mol. The Kier molecular flexibility index (Phi) is 3.39. The van der Waals surface area contributed by atoms with Crippen LogP contribution in [0.4, 0.5) is 5.69 Å². The second-order valence-electron chi connectivity index (χ2n) is 4.76. The molecule has 0 fully saturated rings. The summed E-state index contributed by atoms with van der Waals surface area (Å²) in [6.45, 7) is 2.31. The summed E-state index contributed by atoms with van der Waals surface area (Å²) < 4.78 is 5.37. The van der Waals surface area contributed by atoms with Crippen molar-refractivity contribution in [1.29, 1.82) is 0 Å². The van der Waals surface area contributed by atoms with Crippen molar-refractivity contribution < 1.29 is 14.6 Å². The topological polar surface area (TPSA) is 70.6 Å². The van der Waals surface area contributed by atoms with Gasteiger partial charge >= 0.3 is 0 Å². The van der Waals surface area contributed by atoms with Gasteiger partial charge < -0.3 is 20.5 Å². The number of rotatable bonds is 3. The largest absolute Gasteiger partial charge is 0.504 e. The second kappa shape index (κ2) is 5.36. The predicted octanol–water partition coefficient (Wildman–Crippen LogP) is 2.65. The van der Waals surface area contributed by atoms with E-state index < -0.39 is 0 Å². The highest BCUT2D eigenvalue weighted by Gasteiger charge is 2.24. The fraction of sp³-hybridized carbons (Fsp3) is 0.188. The molecule has 5 nitrogen and oxygen atoms in total. The number of ether oxygens (including phenoxy) is 1. The van der Waals surface area contributed by atoms with Gasteiger partial charge in [-0.05, 0) is 36.8 Å². The van der Waals surface area contributed by atoms with Crippen molar-refractivity contribution >= 4 is 11.6 Å². The highest BCUT2D eigenvalue weighted by molar-refractivity contribution is 6.01. The van der Waals surface area contributed by atoms with Gasteiger partial charge in [0, 0.05) is 5.69 Å². The van der Waals surface area contributed by atoms with Crippen LogP contribution < -0.4 is 15.4 Å². The highest BCUT2D eigenvalue weighted by atomic mass is 16.5. The first-order chi connectivity index (χ1) is 10.2. The van der Waals surface area contributed by atoms with Gasteiger partial charge in [-0.3, -0.25) is 4.79 Å². The van der Waals surface area contributed by atoms with Gasteiger partial charge in [-0.1, -0.05) is 18.2 Å². The molecular formula is C16H16N2O3. The minimum atomic E-state index is -0.354. The molecule has 2 aromatic rings.